The van der Waals surface area contributed by atoms with E-state index in [1.807, 2.05) is 6.07 Å². The third-order valence-corrected chi connectivity index (χ3v) is 1.93. The van der Waals surface area contributed by atoms with Crippen LogP contribution >= 0.6 is 11.6 Å². The molecule has 0 aliphatic carbocycles. The molecule has 0 aromatic heterocycles. The third-order valence-electron chi connectivity index (χ3n) is 1.75. The smallest absolute Gasteiger partial charge is 0.235 e. The minimum atomic E-state index is -0.542. The van der Waals surface area contributed by atoms with E-state index in [0.29, 0.717) is 5.75 Å². The molecule has 0 N–H and O–H groups in total. The summed E-state index contributed by atoms with van der Waals surface area (Å²) in [5.41, 5.74) is 0. The molecule has 0 unspecified atom stereocenters. The second-order valence-corrected chi connectivity index (χ2v) is 3.27. The lowest BCUT2D eigenvalue weighted by molar-refractivity contribution is -0.137. The van der Waals surface area contributed by atoms with Crippen LogP contribution in [0.4, 0.5) is 0 Å². The monoisotopic (exact) mass is 226 g/mol. The first kappa shape index (κ1) is 11.7. The summed E-state index contributed by atoms with van der Waals surface area (Å²) in [5, 5.41) is 0. The molecule has 1 aromatic rings. The highest BCUT2D eigenvalue weighted by atomic mass is 35.5. The molecule has 0 bridgehead atoms. The molecular formula is C11H11ClO3. The number of hydrogen-bond donors (Lipinski definition) is 0. The fourth-order valence-corrected chi connectivity index (χ4v) is 1.14. The molecule has 0 heterocycles. The number of Topliss-reactive ketones (excluding diaryl/α,β-unsaturated/α-hetero) is 2. The largest absolute Gasteiger partial charge is 0.485 e. The molecule has 0 atom stereocenters. The van der Waals surface area contributed by atoms with Gasteiger partial charge in [0.05, 0.1) is 0 Å². The number of carbonyl (C=O) groups excluding carboxylic acids is 2. The number of para-hydroxylation sites is 1. The van der Waals surface area contributed by atoms with Crippen molar-refractivity contribution in [1.29, 1.82) is 0 Å². The van der Waals surface area contributed by atoms with E-state index < -0.39 is 11.6 Å². The van der Waals surface area contributed by atoms with Crippen LogP contribution in [0.5, 0.6) is 5.75 Å². The van der Waals surface area contributed by atoms with Gasteiger partial charge in [0.25, 0.3) is 0 Å². The standard InChI is InChI=1S/C11H11ClO3/c12-7-6-10(13)11(14)8-15-9-4-2-1-3-5-9/h1-5H,6-8H2. The predicted molar refractivity (Wildman–Crippen MR) is 57.3 cm³/mol. The summed E-state index contributed by atoms with van der Waals surface area (Å²) in [6, 6.07) is 8.87. The molecule has 0 amide bonds. The van der Waals surface area contributed by atoms with Crippen LogP contribution in [0.25, 0.3) is 0 Å². The first-order valence-electron chi connectivity index (χ1n) is 4.54. The van der Waals surface area contributed by atoms with Crippen molar-refractivity contribution in [3.8, 4) is 5.75 Å². The highest BCUT2D eigenvalue weighted by Gasteiger charge is 2.13. The van der Waals surface area contributed by atoms with Gasteiger partial charge in [-0.05, 0) is 12.1 Å². The highest BCUT2D eigenvalue weighted by molar-refractivity contribution is 6.39. The van der Waals surface area contributed by atoms with Gasteiger partial charge in [-0.3, -0.25) is 9.59 Å². The number of benzene rings is 1. The molecule has 1 aromatic carbocycles. The lowest BCUT2D eigenvalue weighted by atomic mass is 10.2. The molecule has 0 radical (unpaired) electrons. The van der Waals surface area contributed by atoms with Crippen LogP contribution in [0.15, 0.2) is 30.3 Å². The van der Waals surface area contributed by atoms with Gasteiger partial charge in [-0.1, -0.05) is 18.2 Å². The fourth-order valence-electron chi connectivity index (χ4n) is 0.971. The summed E-state index contributed by atoms with van der Waals surface area (Å²) >= 11 is 5.34. The molecule has 0 fully saturated rings. The summed E-state index contributed by atoms with van der Waals surface area (Å²) in [6.07, 6.45) is 0.0680. The summed E-state index contributed by atoms with van der Waals surface area (Å²) in [4.78, 5) is 22.2. The quantitative estimate of drug-likeness (QED) is 0.549. The number of ether oxygens (including phenoxy) is 1. The Kier molecular flexibility index (Phi) is 4.84. The van der Waals surface area contributed by atoms with Crippen molar-refractivity contribution in [1.82, 2.24) is 0 Å². The normalized spacial score (nSPS) is 9.67. The van der Waals surface area contributed by atoms with E-state index in [1.165, 1.54) is 0 Å². The van der Waals surface area contributed by atoms with E-state index >= 15 is 0 Å². The second-order valence-electron chi connectivity index (χ2n) is 2.89. The molecule has 1 rings (SSSR count). The van der Waals surface area contributed by atoms with Gasteiger partial charge >= 0.3 is 0 Å². The van der Waals surface area contributed by atoms with E-state index in [9.17, 15) is 9.59 Å². The van der Waals surface area contributed by atoms with E-state index in [2.05, 4.69) is 0 Å². The Balaban J connectivity index is 2.38. The molecule has 80 valence electrons. The number of carbonyl (C=O) groups is 2. The number of rotatable bonds is 6. The number of halogens is 1. The van der Waals surface area contributed by atoms with Gasteiger partial charge in [0, 0.05) is 12.3 Å². The molecule has 0 aliphatic rings. The molecule has 4 heteroatoms. The van der Waals surface area contributed by atoms with Crippen molar-refractivity contribution in [3.05, 3.63) is 30.3 Å². The van der Waals surface area contributed by atoms with Crippen LogP contribution in [0.2, 0.25) is 0 Å². The Bertz CT molecular complexity index is 335. The molecule has 0 saturated heterocycles. The van der Waals surface area contributed by atoms with Crippen molar-refractivity contribution >= 4 is 23.2 Å². The first-order chi connectivity index (χ1) is 7.24. The molecule has 3 nitrogen and oxygen atoms in total. The number of hydrogen-bond acceptors (Lipinski definition) is 3. The predicted octanol–water partition coefficient (Wildman–Crippen LogP) is 1.83. The average Bonchev–Trinajstić information content (AvgIpc) is 2.27. The Morgan fingerprint density at radius 1 is 1.13 bits per heavy atom. The van der Waals surface area contributed by atoms with Crippen LogP contribution in [-0.4, -0.2) is 24.1 Å². The van der Waals surface area contributed by atoms with E-state index in [1.54, 1.807) is 24.3 Å². The van der Waals surface area contributed by atoms with Crippen molar-refractivity contribution in [2.45, 2.75) is 6.42 Å². The summed E-state index contributed by atoms with van der Waals surface area (Å²) in [5.74, 6) is -0.291. The Morgan fingerprint density at radius 3 is 2.40 bits per heavy atom. The van der Waals surface area contributed by atoms with Crippen molar-refractivity contribution in [2.24, 2.45) is 0 Å². The van der Waals surface area contributed by atoms with Crippen LogP contribution in [0, 0.1) is 0 Å². The maximum Gasteiger partial charge on any atom is 0.235 e. The van der Waals surface area contributed by atoms with E-state index in [0.717, 1.165) is 0 Å². The maximum atomic E-state index is 11.2. The maximum absolute atomic E-state index is 11.2. The van der Waals surface area contributed by atoms with Crippen molar-refractivity contribution in [3.63, 3.8) is 0 Å². The van der Waals surface area contributed by atoms with Gasteiger partial charge in [0.15, 0.2) is 6.61 Å². The first-order valence-corrected chi connectivity index (χ1v) is 5.07. The number of ketones is 2. The SMILES string of the molecule is O=C(CCCl)C(=O)COc1ccccc1. The summed E-state index contributed by atoms with van der Waals surface area (Å²) < 4.78 is 5.12. The lowest BCUT2D eigenvalue weighted by Crippen LogP contribution is -2.21. The highest BCUT2D eigenvalue weighted by Crippen LogP contribution is 2.07. The number of alkyl halides is 1. The van der Waals surface area contributed by atoms with Crippen molar-refractivity contribution < 1.29 is 14.3 Å². The molecular weight excluding hydrogens is 216 g/mol. The second kappa shape index (κ2) is 6.19. The van der Waals surface area contributed by atoms with Crippen LogP contribution in [0.3, 0.4) is 0 Å². The molecule has 0 aliphatic heterocycles. The molecule has 0 saturated carbocycles. The van der Waals surface area contributed by atoms with Crippen molar-refractivity contribution in [2.75, 3.05) is 12.5 Å². The zero-order valence-electron chi connectivity index (χ0n) is 8.11. The minimum absolute atomic E-state index is 0.0680. The lowest BCUT2D eigenvalue weighted by Gasteiger charge is -2.03. The van der Waals surface area contributed by atoms with Gasteiger partial charge in [0.1, 0.15) is 5.75 Å². The van der Waals surface area contributed by atoms with E-state index in [-0.39, 0.29) is 18.9 Å². The fraction of sp³-hybridized carbons (Fsp3) is 0.273. The van der Waals surface area contributed by atoms with Gasteiger partial charge in [0.2, 0.25) is 11.6 Å². The Labute approximate surface area is 93.0 Å². The topological polar surface area (TPSA) is 43.4 Å². The van der Waals surface area contributed by atoms with Gasteiger partial charge in [-0.15, -0.1) is 11.6 Å². The summed E-state index contributed by atoms with van der Waals surface area (Å²) in [7, 11) is 0. The van der Waals surface area contributed by atoms with Crippen LogP contribution < -0.4 is 4.74 Å². The van der Waals surface area contributed by atoms with Gasteiger partial charge < -0.3 is 4.74 Å². The average molecular weight is 227 g/mol. The van der Waals surface area contributed by atoms with Crippen LogP contribution in [0.1, 0.15) is 6.42 Å². The zero-order valence-corrected chi connectivity index (χ0v) is 8.87. The Morgan fingerprint density at radius 2 is 1.80 bits per heavy atom. The molecule has 0 spiro atoms. The summed E-state index contributed by atoms with van der Waals surface area (Å²) in [6.45, 7) is -0.222. The van der Waals surface area contributed by atoms with E-state index in [4.69, 9.17) is 16.3 Å². The minimum Gasteiger partial charge on any atom is -0.485 e. The zero-order chi connectivity index (χ0) is 11.1. The van der Waals surface area contributed by atoms with Gasteiger partial charge in [-0.2, -0.15) is 0 Å². The Hall–Kier alpha value is -1.35. The third kappa shape index (κ3) is 4.13. The molecule has 15 heavy (non-hydrogen) atoms. The van der Waals surface area contributed by atoms with Crippen LogP contribution in [-0.2, 0) is 9.59 Å². The van der Waals surface area contributed by atoms with Gasteiger partial charge in [-0.25, -0.2) is 0 Å².